The average Bonchev–Trinajstić information content (AvgIpc) is 2.76. The molecule has 86 valence electrons. The molecule has 4 heteroatoms. The Bertz CT molecular complexity index is 283. The molecule has 0 fully saturated rings. The fourth-order valence-corrected chi connectivity index (χ4v) is 3.69. The number of thiophene rings is 1. The van der Waals surface area contributed by atoms with Crippen molar-refractivity contribution in [3.05, 3.63) is 22.4 Å². The largest absolute Gasteiger partial charge is 0.396 e. The van der Waals surface area contributed by atoms with E-state index in [9.17, 15) is 4.21 Å². The predicted octanol–water partition coefficient (Wildman–Crippen LogP) is 2.72. The van der Waals surface area contributed by atoms with E-state index in [1.54, 1.807) is 11.3 Å². The molecule has 2 unspecified atom stereocenters. The summed E-state index contributed by atoms with van der Waals surface area (Å²) in [5, 5.41) is 10.8. The SMILES string of the molecule is CC(c1cccs1)S(=O)CCCCCO. The molecule has 1 N–H and O–H groups in total. The molecule has 0 saturated heterocycles. The molecule has 0 aliphatic heterocycles. The van der Waals surface area contributed by atoms with Crippen molar-refractivity contribution in [2.75, 3.05) is 12.4 Å². The van der Waals surface area contributed by atoms with Crippen molar-refractivity contribution in [2.24, 2.45) is 0 Å². The van der Waals surface area contributed by atoms with Crippen molar-refractivity contribution in [3.8, 4) is 0 Å². The van der Waals surface area contributed by atoms with Gasteiger partial charge in [-0.25, -0.2) is 0 Å². The molecule has 0 saturated carbocycles. The first-order valence-electron chi connectivity index (χ1n) is 5.27. The number of hydrogen-bond acceptors (Lipinski definition) is 3. The fourth-order valence-electron chi connectivity index (χ4n) is 1.36. The van der Waals surface area contributed by atoms with E-state index in [2.05, 4.69) is 0 Å². The topological polar surface area (TPSA) is 37.3 Å². The number of rotatable bonds is 7. The molecule has 2 atom stereocenters. The summed E-state index contributed by atoms with van der Waals surface area (Å²) >= 11 is 1.67. The molecule has 0 aliphatic rings. The minimum absolute atomic E-state index is 0.152. The van der Waals surface area contributed by atoms with Crippen molar-refractivity contribution >= 4 is 22.1 Å². The van der Waals surface area contributed by atoms with Gasteiger partial charge in [0.05, 0.1) is 5.25 Å². The van der Waals surface area contributed by atoms with Crippen molar-refractivity contribution in [1.29, 1.82) is 0 Å². The highest BCUT2D eigenvalue weighted by molar-refractivity contribution is 7.85. The second kappa shape index (κ2) is 7.14. The van der Waals surface area contributed by atoms with Gasteiger partial charge < -0.3 is 5.11 Å². The molecule has 1 rings (SSSR count). The van der Waals surface area contributed by atoms with Gasteiger partial charge in [-0.15, -0.1) is 11.3 Å². The van der Waals surface area contributed by atoms with Crippen molar-refractivity contribution < 1.29 is 9.32 Å². The van der Waals surface area contributed by atoms with Crippen LogP contribution < -0.4 is 0 Å². The number of hydrogen-bond donors (Lipinski definition) is 1. The van der Waals surface area contributed by atoms with Crippen LogP contribution in [0.3, 0.4) is 0 Å². The Kier molecular flexibility index (Phi) is 6.13. The molecule has 1 aromatic rings. The van der Waals surface area contributed by atoms with Crippen molar-refractivity contribution in [1.82, 2.24) is 0 Å². The quantitative estimate of drug-likeness (QED) is 0.751. The fraction of sp³-hybridized carbons (Fsp3) is 0.636. The van der Waals surface area contributed by atoms with Gasteiger partial charge in [-0.05, 0) is 31.2 Å². The van der Waals surface area contributed by atoms with Crippen LogP contribution in [0.5, 0.6) is 0 Å². The van der Waals surface area contributed by atoms with Crippen LogP contribution in [0.4, 0.5) is 0 Å². The molecular weight excluding hydrogens is 228 g/mol. The van der Waals surface area contributed by atoms with Crippen LogP contribution in [0, 0.1) is 0 Å². The molecule has 0 aliphatic carbocycles. The van der Waals surface area contributed by atoms with E-state index in [0.717, 1.165) is 25.0 Å². The van der Waals surface area contributed by atoms with Crippen LogP contribution in [-0.4, -0.2) is 21.7 Å². The van der Waals surface area contributed by atoms with Crippen molar-refractivity contribution in [2.45, 2.75) is 31.4 Å². The lowest BCUT2D eigenvalue weighted by molar-refractivity contribution is 0.284. The second-order valence-corrected chi connectivity index (χ2v) is 6.38. The van der Waals surface area contributed by atoms with Gasteiger partial charge >= 0.3 is 0 Å². The maximum atomic E-state index is 11.9. The Labute approximate surface area is 97.8 Å². The average molecular weight is 246 g/mol. The summed E-state index contributed by atoms with van der Waals surface area (Å²) in [4.78, 5) is 1.20. The van der Waals surface area contributed by atoms with Crippen LogP contribution in [0.25, 0.3) is 0 Å². The molecule has 0 aromatic carbocycles. The summed E-state index contributed by atoms with van der Waals surface area (Å²) in [5.74, 6) is 0.749. The Morgan fingerprint density at radius 3 is 2.87 bits per heavy atom. The molecule has 0 radical (unpaired) electrons. The zero-order valence-electron chi connectivity index (χ0n) is 9.02. The highest BCUT2D eigenvalue weighted by Crippen LogP contribution is 2.24. The van der Waals surface area contributed by atoms with E-state index in [1.165, 1.54) is 4.88 Å². The van der Waals surface area contributed by atoms with Gasteiger partial charge in [0, 0.05) is 28.0 Å². The predicted molar refractivity (Wildman–Crippen MR) is 66.7 cm³/mol. The summed E-state index contributed by atoms with van der Waals surface area (Å²) < 4.78 is 11.9. The van der Waals surface area contributed by atoms with Gasteiger partial charge in [-0.2, -0.15) is 0 Å². The first-order chi connectivity index (χ1) is 7.25. The van der Waals surface area contributed by atoms with Gasteiger partial charge in [-0.3, -0.25) is 4.21 Å². The molecule has 15 heavy (non-hydrogen) atoms. The first-order valence-corrected chi connectivity index (χ1v) is 7.53. The van der Waals surface area contributed by atoms with Crippen LogP contribution in [0.15, 0.2) is 17.5 Å². The second-order valence-electron chi connectivity index (χ2n) is 3.53. The highest BCUT2D eigenvalue weighted by atomic mass is 32.2. The third-order valence-electron chi connectivity index (χ3n) is 2.34. The van der Waals surface area contributed by atoms with Gasteiger partial charge in [-0.1, -0.05) is 12.5 Å². The van der Waals surface area contributed by atoms with E-state index >= 15 is 0 Å². The molecule has 0 amide bonds. The molecule has 1 heterocycles. The van der Waals surface area contributed by atoms with Gasteiger partial charge in [0.2, 0.25) is 0 Å². The maximum Gasteiger partial charge on any atom is 0.0662 e. The minimum Gasteiger partial charge on any atom is -0.396 e. The van der Waals surface area contributed by atoms with E-state index < -0.39 is 10.8 Å². The highest BCUT2D eigenvalue weighted by Gasteiger charge is 2.13. The first kappa shape index (κ1) is 12.9. The lowest BCUT2D eigenvalue weighted by Crippen LogP contribution is -2.05. The smallest absolute Gasteiger partial charge is 0.0662 e. The number of unbranched alkanes of at least 4 members (excludes halogenated alkanes) is 2. The molecule has 1 aromatic heterocycles. The van der Waals surface area contributed by atoms with Gasteiger partial charge in [0.25, 0.3) is 0 Å². The Morgan fingerprint density at radius 2 is 2.27 bits per heavy atom. The molecule has 0 spiro atoms. The zero-order chi connectivity index (χ0) is 11.1. The maximum absolute atomic E-state index is 11.9. The van der Waals surface area contributed by atoms with Crippen LogP contribution >= 0.6 is 11.3 Å². The van der Waals surface area contributed by atoms with E-state index in [1.807, 2.05) is 24.4 Å². The van der Waals surface area contributed by atoms with E-state index in [0.29, 0.717) is 0 Å². The third-order valence-corrected chi connectivity index (χ3v) is 5.28. The van der Waals surface area contributed by atoms with Crippen LogP contribution in [0.2, 0.25) is 0 Å². The Balaban J connectivity index is 2.28. The lowest BCUT2D eigenvalue weighted by atomic mass is 10.3. The van der Waals surface area contributed by atoms with Gasteiger partial charge in [0.1, 0.15) is 0 Å². The molecular formula is C11H18O2S2. The standard InChI is InChI=1S/C11H18O2S2/c1-10(11-6-5-8-14-11)15(13)9-4-2-3-7-12/h5-6,8,10,12H,2-4,7,9H2,1H3. The molecule has 2 nitrogen and oxygen atoms in total. The summed E-state index contributed by atoms with van der Waals surface area (Å²) in [7, 11) is -0.769. The summed E-state index contributed by atoms with van der Waals surface area (Å²) in [6.45, 7) is 2.26. The Hall–Kier alpha value is -0.190. The monoisotopic (exact) mass is 246 g/mol. The minimum atomic E-state index is -0.769. The van der Waals surface area contributed by atoms with Crippen LogP contribution in [-0.2, 0) is 10.8 Å². The zero-order valence-corrected chi connectivity index (χ0v) is 10.6. The lowest BCUT2D eigenvalue weighted by Gasteiger charge is -2.08. The van der Waals surface area contributed by atoms with E-state index in [4.69, 9.17) is 5.11 Å². The number of aliphatic hydroxyl groups excluding tert-OH is 1. The normalized spacial score (nSPS) is 15.1. The third kappa shape index (κ3) is 4.45. The summed E-state index contributed by atoms with van der Waals surface area (Å²) in [6.07, 6.45) is 2.74. The Morgan fingerprint density at radius 1 is 1.47 bits per heavy atom. The van der Waals surface area contributed by atoms with Crippen LogP contribution in [0.1, 0.15) is 36.3 Å². The molecule has 0 bridgehead atoms. The summed E-state index contributed by atoms with van der Waals surface area (Å²) in [6, 6.07) is 4.04. The van der Waals surface area contributed by atoms with Crippen molar-refractivity contribution in [3.63, 3.8) is 0 Å². The van der Waals surface area contributed by atoms with Gasteiger partial charge in [0.15, 0.2) is 0 Å². The summed E-state index contributed by atoms with van der Waals surface area (Å²) in [5.41, 5.74) is 0. The van der Waals surface area contributed by atoms with E-state index in [-0.39, 0.29) is 11.9 Å². The number of aliphatic hydroxyl groups is 1.